The molecule has 1 N–H and O–H groups in total. The van der Waals surface area contributed by atoms with E-state index in [1.54, 1.807) is 30.3 Å². The molecule has 1 atom stereocenters. The third-order valence-corrected chi connectivity index (χ3v) is 8.09. The Balaban J connectivity index is 2.00. The van der Waals surface area contributed by atoms with Gasteiger partial charge in [-0.3, -0.25) is 13.9 Å². The zero-order valence-electron chi connectivity index (χ0n) is 22.2. The van der Waals surface area contributed by atoms with Gasteiger partial charge in [0.15, 0.2) is 0 Å². The lowest BCUT2D eigenvalue weighted by atomic mass is 10.1. The van der Waals surface area contributed by atoms with Crippen molar-refractivity contribution in [2.24, 2.45) is 0 Å². The predicted octanol–water partition coefficient (Wildman–Crippen LogP) is 4.80. The normalized spacial score (nSPS) is 12.0. The molecule has 3 rings (SSSR count). The molecule has 3 aromatic rings. The van der Waals surface area contributed by atoms with Gasteiger partial charge in [0.1, 0.15) is 24.2 Å². The summed E-state index contributed by atoms with van der Waals surface area (Å²) < 4.78 is 56.4. The van der Waals surface area contributed by atoms with Gasteiger partial charge in [0.05, 0.1) is 10.6 Å². The number of aryl methyl sites for hydroxylation is 1. The van der Waals surface area contributed by atoms with Crippen molar-refractivity contribution in [3.63, 3.8) is 0 Å². The molecule has 39 heavy (non-hydrogen) atoms. The maximum Gasteiger partial charge on any atom is 0.264 e. The van der Waals surface area contributed by atoms with Gasteiger partial charge < -0.3 is 10.2 Å². The number of benzene rings is 3. The van der Waals surface area contributed by atoms with E-state index in [1.165, 1.54) is 30.0 Å². The number of nitrogens with zero attached hydrogens (tertiary/aromatic N) is 2. The molecule has 0 fully saturated rings. The first-order valence-corrected chi connectivity index (χ1v) is 14.1. The van der Waals surface area contributed by atoms with Crippen LogP contribution in [0.5, 0.6) is 0 Å². The number of hydrogen-bond donors (Lipinski definition) is 1. The van der Waals surface area contributed by atoms with Crippen molar-refractivity contribution in [2.45, 2.75) is 51.1 Å². The van der Waals surface area contributed by atoms with Gasteiger partial charge in [-0.2, -0.15) is 0 Å². The smallest absolute Gasteiger partial charge is 0.264 e. The fourth-order valence-electron chi connectivity index (χ4n) is 3.90. The molecule has 2 amide bonds. The molecule has 208 valence electrons. The molecule has 0 spiro atoms. The topological polar surface area (TPSA) is 86.8 Å². The molecule has 0 aliphatic carbocycles. The van der Waals surface area contributed by atoms with Crippen molar-refractivity contribution in [3.05, 3.63) is 95.6 Å². The van der Waals surface area contributed by atoms with E-state index in [9.17, 15) is 26.8 Å². The fourth-order valence-corrected chi connectivity index (χ4v) is 5.32. The van der Waals surface area contributed by atoms with Crippen LogP contribution in [0.2, 0.25) is 0 Å². The average molecular weight is 558 g/mol. The summed E-state index contributed by atoms with van der Waals surface area (Å²) in [5.74, 6) is -2.30. The molecule has 3 aromatic carbocycles. The Morgan fingerprint density at radius 3 is 2.21 bits per heavy atom. The van der Waals surface area contributed by atoms with E-state index in [-0.39, 0.29) is 22.7 Å². The van der Waals surface area contributed by atoms with E-state index >= 15 is 0 Å². The minimum Gasteiger partial charge on any atom is -0.354 e. The maximum absolute atomic E-state index is 14.6. The number of nitrogens with one attached hydrogen (secondary N) is 1. The zero-order valence-corrected chi connectivity index (χ0v) is 23.0. The summed E-state index contributed by atoms with van der Waals surface area (Å²) in [5.41, 5.74) is 1.27. The summed E-state index contributed by atoms with van der Waals surface area (Å²) in [5, 5.41) is 2.78. The van der Waals surface area contributed by atoms with Crippen molar-refractivity contribution >= 4 is 27.5 Å². The van der Waals surface area contributed by atoms with Crippen molar-refractivity contribution in [1.82, 2.24) is 10.2 Å². The third-order valence-electron chi connectivity index (χ3n) is 6.30. The summed E-state index contributed by atoms with van der Waals surface area (Å²) in [4.78, 5) is 27.7. The molecule has 0 aromatic heterocycles. The van der Waals surface area contributed by atoms with Gasteiger partial charge in [-0.15, -0.1) is 0 Å². The van der Waals surface area contributed by atoms with Crippen LogP contribution >= 0.6 is 0 Å². The van der Waals surface area contributed by atoms with Gasteiger partial charge in [0.25, 0.3) is 10.0 Å². The Morgan fingerprint density at radius 2 is 1.59 bits per heavy atom. The van der Waals surface area contributed by atoms with Crippen molar-refractivity contribution < 1.29 is 26.8 Å². The van der Waals surface area contributed by atoms with Gasteiger partial charge in [-0.1, -0.05) is 49.2 Å². The summed E-state index contributed by atoms with van der Waals surface area (Å²) in [6, 6.07) is 15.7. The lowest BCUT2D eigenvalue weighted by molar-refractivity contribution is -0.139. The number of carbonyl (C=O) groups excluding carboxylic acids is 2. The third kappa shape index (κ3) is 7.63. The van der Waals surface area contributed by atoms with Crippen LogP contribution in [-0.4, -0.2) is 44.3 Å². The quantitative estimate of drug-likeness (QED) is 0.324. The molecule has 0 saturated heterocycles. The van der Waals surface area contributed by atoms with Crippen molar-refractivity contribution in [1.29, 1.82) is 0 Å². The van der Waals surface area contributed by atoms with Crippen LogP contribution in [0.1, 0.15) is 37.8 Å². The summed E-state index contributed by atoms with van der Waals surface area (Å²) in [6.07, 6.45) is 1.61. The first-order chi connectivity index (χ1) is 18.5. The van der Waals surface area contributed by atoms with Gasteiger partial charge in [-0.25, -0.2) is 17.2 Å². The summed E-state index contributed by atoms with van der Waals surface area (Å²) >= 11 is 0. The van der Waals surface area contributed by atoms with E-state index in [0.29, 0.717) is 6.54 Å². The Morgan fingerprint density at radius 1 is 0.949 bits per heavy atom. The van der Waals surface area contributed by atoms with Crippen LogP contribution in [-0.2, 0) is 26.2 Å². The minimum atomic E-state index is -4.31. The van der Waals surface area contributed by atoms with Crippen LogP contribution < -0.4 is 9.62 Å². The van der Waals surface area contributed by atoms with Crippen LogP contribution in [0.15, 0.2) is 77.7 Å². The molecule has 10 heteroatoms. The first kappa shape index (κ1) is 29.8. The Hall–Kier alpha value is -3.79. The predicted molar refractivity (Wildman–Crippen MR) is 146 cm³/mol. The molecular weight excluding hydrogens is 524 g/mol. The van der Waals surface area contributed by atoms with Gasteiger partial charge in [0, 0.05) is 18.7 Å². The number of anilines is 1. The molecule has 0 saturated carbocycles. The Kier molecular flexibility index (Phi) is 10.2. The summed E-state index contributed by atoms with van der Waals surface area (Å²) in [7, 11) is -4.31. The molecule has 0 bridgehead atoms. The highest BCUT2D eigenvalue weighted by Gasteiger charge is 2.32. The number of hydrogen-bond acceptors (Lipinski definition) is 4. The number of amides is 2. The van der Waals surface area contributed by atoms with E-state index in [4.69, 9.17) is 0 Å². The Labute approximate surface area is 228 Å². The molecule has 0 radical (unpaired) electrons. The standard InChI is InChI=1S/C29H33F2N3O4S/c1-4-5-18-32-29(36)22(3)33(19-23-8-6-7-9-27(23)31)28(35)20-34(25-14-10-21(2)11-15-25)39(37,38)26-16-12-24(30)13-17-26/h6-17,22H,4-5,18-20H2,1-3H3,(H,32,36)/t22-/m1/s1. The van der Waals surface area contributed by atoms with Crippen molar-refractivity contribution in [2.75, 3.05) is 17.4 Å². The molecule has 0 aliphatic heterocycles. The van der Waals surface area contributed by atoms with Crippen LogP contribution in [0.3, 0.4) is 0 Å². The molecule has 0 unspecified atom stereocenters. The number of halogens is 2. The highest BCUT2D eigenvalue weighted by molar-refractivity contribution is 7.92. The highest BCUT2D eigenvalue weighted by atomic mass is 32.2. The van der Waals surface area contributed by atoms with Gasteiger partial charge in [-0.05, 0) is 62.7 Å². The number of unbranched alkanes of at least 4 members (excludes halogenated alkanes) is 1. The summed E-state index contributed by atoms with van der Waals surface area (Å²) in [6.45, 7) is 4.84. The van der Waals surface area contributed by atoms with E-state index in [2.05, 4.69) is 5.32 Å². The highest BCUT2D eigenvalue weighted by Crippen LogP contribution is 2.25. The molecule has 0 aliphatic rings. The SMILES string of the molecule is CCCCNC(=O)[C@@H](C)N(Cc1ccccc1F)C(=O)CN(c1ccc(C)cc1)S(=O)(=O)c1ccc(F)cc1. The van der Waals surface area contributed by atoms with E-state index < -0.39 is 46.1 Å². The maximum atomic E-state index is 14.6. The lowest BCUT2D eigenvalue weighted by Gasteiger charge is -2.32. The first-order valence-electron chi connectivity index (χ1n) is 12.7. The second-order valence-corrected chi connectivity index (χ2v) is 11.1. The van der Waals surface area contributed by atoms with Crippen LogP contribution in [0.25, 0.3) is 0 Å². The lowest BCUT2D eigenvalue weighted by Crippen LogP contribution is -2.51. The number of sulfonamides is 1. The largest absolute Gasteiger partial charge is 0.354 e. The average Bonchev–Trinajstić information content (AvgIpc) is 2.91. The minimum absolute atomic E-state index is 0.183. The monoisotopic (exact) mass is 557 g/mol. The second kappa shape index (κ2) is 13.3. The van der Waals surface area contributed by atoms with Crippen LogP contribution in [0, 0.1) is 18.6 Å². The van der Waals surface area contributed by atoms with E-state index in [1.807, 2.05) is 13.8 Å². The number of carbonyl (C=O) groups is 2. The second-order valence-electron chi connectivity index (χ2n) is 9.23. The van der Waals surface area contributed by atoms with Crippen molar-refractivity contribution in [3.8, 4) is 0 Å². The molecule has 0 heterocycles. The molecular formula is C29H33F2N3O4S. The van der Waals surface area contributed by atoms with Crippen LogP contribution in [0.4, 0.5) is 14.5 Å². The van der Waals surface area contributed by atoms with E-state index in [0.717, 1.165) is 47.0 Å². The molecule has 7 nitrogen and oxygen atoms in total. The number of rotatable bonds is 12. The van der Waals surface area contributed by atoms with Gasteiger partial charge >= 0.3 is 0 Å². The Bertz CT molecular complexity index is 1380. The zero-order chi connectivity index (χ0) is 28.6. The fraction of sp³-hybridized carbons (Fsp3) is 0.310. The van der Waals surface area contributed by atoms with Gasteiger partial charge in [0.2, 0.25) is 11.8 Å².